The van der Waals surface area contributed by atoms with Crippen LogP contribution in [0.15, 0.2) is 64.8 Å². The summed E-state index contributed by atoms with van der Waals surface area (Å²) in [6, 6.07) is 4.84. The number of hydrogen-bond donors (Lipinski definition) is 3. The predicted molar refractivity (Wildman–Crippen MR) is 141 cm³/mol. The van der Waals surface area contributed by atoms with Crippen molar-refractivity contribution in [2.24, 2.45) is 0 Å². The van der Waals surface area contributed by atoms with Gasteiger partial charge in [0.15, 0.2) is 0 Å². The molecule has 5 heteroatoms. The first-order chi connectivity index (χ1) is 16.1. The molecular weight excluding hydrogens is 426 g/mol. The SMILES string of the molecule is C/C(=C\CC/C(C)=C/Cc1cc(C(=O)O)ccc1N)CC/C=C(\C)CC/C=C(\C)CCC(=O)O. The molecule has 0 bridgehead atoms. The maximum absolute atomic E-state index is 11.1. The Bertz CT molecular complexity index is 951. The summed E-state index contributed by atoms with van der Waals surface area (Å²) in [5, 5.41) is 17.9. The summed E-state index contributed by atoms with van der Waals surface area (Å²) in [6.07, 6.45) is 16.4. The number of nitrogen functional groups attached to an aromatic ring is 1. The third-order valence-corrected chi connectivity index (χ3v) is 5.89. The van der Waals surface area contributed by atoms with E-state index in [1.54, 1.807) is 12.1 Å². The molecule has 0 atom stereocenters. The second-order valence-corrected chi connectivity index (χ2v) is 9.13. The molecule has 0 aliphatic heterocycles. The first kappa shape index (κ1) is 29.0. The Morgan fingerprint density at radius 2 is 1.21 bits per heavy atom. The van der Waals surface area contributed by atoms with E-state index in [1.807, 2.05) is 6.92 Å². The van der Waals surface area contributed by atoms with Gasteiger partial charge in [0.1, 0.15) is 0 Å². The molecule has 0 amide bonds. The van der Waals surface area contributed by atoms with E-state index >= 15 is 0 Å². The smallest absolute Gasteiger partial charge is 0.335 e. The van der Waals surface area contributed by atoms with Crippen molar-refractivity contribution in [1.29, 1.82) is 0 Å². The first-order valence-electron chi connectivity index (χ1n) is 12.0. The number of benzene rings is 1. The van der Waals surface area contributed by atoms with Crippen LogP contribution in [0.5, 0.6) is 0 Å². The van der Waals surface area contributed by atoms with Gasteiger partial charge >= 0.3 is 11.9 Å². The topological polar surface area (TPSA) is 101 Å². The third-order valence-electron chi connectivity index (χ3n) is 5.89. The monoisotopic (exact) mass is 467 g/mol. The third kappa shape index (κ3) is 12.8. The van der Waals surface area contributed by atoms with Crippen molar-refractivity contribution < 1.29 is 19.8 Å². The summed E-state index contributed by atoms with van der Waals surface area (Å²) < 4.78 is 0. The number of carboxylic acid groups (broad SMARTS) is 2. The number of nitrogens with two attached hydrogens (primary N) is 1. The van der Waals surface area contributed by atoms with Crippen LogP contribution in [0.1, 0.15) is 95.0 Å². The Kier molecular flexibility index (Phi) is 13.4. The maximum Gasteiger partial charge on any atom is 0.335 e. The molecule has 0 spiro atoms. The average molecular weight is 468 g/mol. The van der Waals surface area contributed by atoms with Gasteiger partial charge in [-0.15, -0.1) is 0 Å². The highest BCUT2D eigenvalue weighted by molar-refractivity contribution is 5.88. The zero-order valence-corrected chi connectivity index (χ0v) is 21.2. The summed E-state index contributed by atoms with van der Waals surface area (Å²) in [5.74, 6) is -1.68. The van der Waals surface area contributed by atoms with Crippen LogP contribution in [0.3, 0.4) is 0 Å². The molecule has 0 heterocycles. The molecule has 0 saturated carbocycles. The molecular formula is C29H41NO4. The molecule has 1 aromatic carbocycles. The van der Waals surface area contributed by atoms with Crippen molar-refractivity contribution in [2.45, 2.75) is 85.5 Å². The predicted octanol–water partition coefficient (Wildman–Crippen LogP) is 7.50. The largest absolute Gasteiger partial charge is 0.481 e. The number of carbonyl (C=O) groups is 2. The lowest BCUT2D eigenvalue weighted by atomic mass is 10.0. The van der Waals surface area contributed by atoms with Crippen molar-refractivity contribution in [1.82, 2.24) is 0 Å². The Morgan fingerprint density at radius 1 is 0.735 bits per heavy atom. The molecule has 186 valence electrons. The fourth-order valence-corrected chi connectivity index (χ4v) is 3.55. The highest BCUT2D eigenvalue weighted by Gasteiger charge is 2.06. The number of carboxylic acids is 2. The van der Waals surface area contributed by atoms with E-state index in [4.69, 9.17) is 15.9 Å². The van der Waals surface area contributed by atoms with Gasteiger partial charge in [-0.2, -0.15) is 0 Å². The van der Waals surface area contributed by atoms with Crippen molar-refractivity contribution in [3.63, 3.8) is 0 Å². The zero-order valence-electron chi connectivity index (χ0n) is 21.2. The number of rotatable bonds is 15. The molecule has 0 saturated heterocycles. The van der Waals surface area contributed by atoms with Gasteiger partial charge in [0, 0.05) is 12.1 Å². The summed E-state index contributed by atoms with van der Waals surface area (Å²) in [6.45, 7) is 8.44. The van der Waals surface area contributed by atoms with Crippen LogP contribution in [0.25, 0.3) is 0 Å². The number of aliphatic carboxylic acids is 1. The lowest BCUT2D eigenvalue weighted by Crippen LogP contribution is -2.00. The second kappa shape index (κ2) is 15.7. The first-order valence-corrected chi connectivity index (χ1v) is 12.0. The van der Waals surface area contributed by atoms with E-state index in [-0.39, 0.29) is 12.0 Å². The molecule has 0 aliphatic carbocycles. The Morgan fingerprint density at radius 3 is 1.68 bits per heavy atom. The standard InChI is InChI=1S/C29H41NO4/c1-21(8-5-9-22(2)11-7-13-24(4)15-19-28(31)32)10-6-12-23(3)14-16-25-20-26(29(33)34)17-18-27(25)30/h9-10,13-14,17-18,20H,5-8,11-12,15-16,19,30H2,1-4H3,(H,31,32)(H,33,34)/b21-10+,22-9+,23-14+,24-13+. The van der Waals surface area contributed by atoms with E-state index in [0.717, 1.165) is 49.7 Å². The van der Waals surface area contributed by atoms with Crippen molar-refractivity contribution in [3.05, 3.63) is 75.9 Å². The molecule has 5 nitrogen and oxygen atoms in total. The molecule has 34 heavy (non-hydrogen) atoms. The average Bonchev–Trinajstić information content (AvgIpc) is 2.77. The minimum Gasteiger partial charge on any atom is -0.481 e. The van der Waals surface area contributed by atoms with Gasteiger partial charge in [0.25, 0.3) is 0 Å². The molecule has 0 aromatic heterocycles. The van der Waals surface area contributed by atoms with E-state index in [9.17, 15) is 9.59 Å². The number of hydrogen-bond acceptors (Lipinski definition) is 3. The van der Waals surface area contributed by atoms with Gasteiger partial charge in [-0.05, 0) is 103 Å². The van der Waals surface area contributed by atoms with Crippen LogP contribution in [0.4, 0.5) is 5.69 Å². The summed E-state index contributed by atoms with van der Waals surface area (Å²) in [7, 11) is 0. The zero-order chi connectivity index (χ0) is 25.5. The number of anilines is 1. The molecule has 0 fully saturated rings. The maximum atomic E-state index is 11.1. The number of allylic oxidation sites excluding steroid dienone is 8. The van der Waals surface area contributed by atoms with Gasteiger partial charge in [0.2, 0.25) is 0 Å². The van der Waals surface area contributed by atoms with E-state index in [1.165, 1.54) is 22.8 Å². The quantitative estimate of drug-likeness (QED) is 0.183. The molecule has 0 unspecified atom stereocenters. The van der Waals surface area contributed by atoms with Crippen molar-refractivity contribution in [2.75, 3.05) is 5.73 Å². The van der Waals surface area contributed by atoms with Crippen molar-refractivity contribution in [3.8, 4) is 0 Å². The lowest BCUT2D eigenvalue weighted by molar-refractivity contribution is -0.136. The molecule has 0 aliphatic rings. The van der Waals surface area contributed by atoms with E-state index in [0.29, 0.717) is 18.5 Å². The van der Waals surface area contributed by atoms with Gasteiger partial charge in [-0.3, -0.25) is 4.79 Å². The van der Waals surface area contributed by atoms with Crippen LogP contribution < -0.4 is 5.73 Å². The summed E-state index contributed by atoms with van der Waals surface area (Å²) >= 11 is 0. The normalized spacial score (nSPS) is 13.3. The fourth-order valence-electron chi connectivity index (χ4n) is 3.55. The second-order valence-electron chi connectivity index (χ2n) is 9.13. The van der Waals surface area contributed by atoms with Gasteiger partial charge in [-0.1, -0.05) is 46.6 Å². The van der Waals surface area contributed by atoms with Crippen LogP contribution >= 0.6 is 0 Å². The summed E-state index contributed by atoms with van der Waals surface area (Å²) in [5.41, 5.74) is 12.9. The minimum absolute atomic E-state index is 0.202. The molecule has 4 N–H and O–H groups in total. The molecule has 1 aromatic rings. The number of aromatic carboxylic acids is 1. The fraction of sp³-hybridized carbons (Fsp3) is 0.448. The Labute approximate surface area is 204 Å². The van der Waals surface area contributed by atoms with Crippen LogP contribution in [0, 0.1) is 0 Å². The minimum atomic E-state index is -0.937. The van der Waals surface area contributed by atoms with Crippen LogP contribution in [0.2, 0.25) is 0 Å². The summed E-state index contributed by atoms with van der Waals surface area (Å²) in [4.78, 5) is 21.8. The highest BCUT2D eigenvalue weighted by atomic mass is 16.4. The van der Waals surface area contributed by atoms with Crippen LogP contribution in [-0.2, 0) is 11.2 Å². The van der Waals surface area contributed by atoms with E-state index < -0.39 is 11.9 Å². The van der Waals surface area contributed by atoms with Gasteiger partial charge in [0.05, 0.1) is 5.56 Å². The van der Waals surface area contributed by atoms with E-state index in [2.05, 4.69) is 45.1 Å². The molecule has 1 rings (SSSR count). The van der Waals surface area contributed by atoms with Gasteiger partial charge in [-0.25, -0.2) is 4.79 Å². The van der Waals surface area contributed by atoms with Gasteiger partial charge < -0.3 is 15.9 Å². The van der Waals surface area contributed by atoms with Crippen molar-refractivity contribution >= 4 is 17.6 Å². The highest BCUT2D eigenvalue weighted by Crippen LogP contribution is 2.18. The van der Waals surface area contributed by atoms with Crippen LogP contribution in [-0.4, -0.2) is 22.2 Å². The Hall–Kier alpha value is -3.08. The Balaban J connectivity index is 2.38. The lowest BCUT2D eigenvalue weighted by Gasteiger charge is -2.06. The molecule has 0 radical (unpaired) electrons.